The van der Waals surface area contributed by atoms with Gasteiger partial charge in [0.2, 0.25) is 0 Å². The van der Waals surface area contributed by atoms with Crippen LogP contribution >= 0.6 is 12.2 Å². The topological polar surface area (TPSA) is 27.3 Å². The van der Waals surface area contributed by atoms with Crippen molar-refractivity contribution < 1.29 is 26.3 Å². The maximum absolute atomic E-state index is 12.9. The van der Waals surface area contributed by atoms with Gasteiger partial charge in [0.05, 0.1) is 11.1 Å². The number of nitrogens with zero attached hydrogens (tertiary/aromatic N) is 1. The minimum atomic E-state index is -4.89. The van der Waals surface area contributed by atoms with Crippen molar-refractivity contribution in [1.82, 2.24) is 10.2 Å². The quantitative estimate of drug-likeness (QED) is 0.380. The van der Waals surface area contributed by atoms with E-state index >= 15 is 0 Å². The Morgan fingerprint density at radius 2 is 1.68 bits per heavy atom. The monoisotopic (exact) mass is 427 g/mol. The molecule has 3 nitrogen and oxygen atoms in total. The minimum absolute atomic E-state index is 0.0147. The number of likely N-dealkylation sites (tertiary alicyclic amines) is 1. The Kier molecular flexibility index (Phi) is 7.55. The van der Waals surface area contributed by atoms with Crippen LogP contribution in [0.5, 0.6) is 0 Å². The van der Waals surface area contributed by atoms with Gasteiger partial charge in [-0.15, -0.1) is 0 Å². The van der Waals surface area contributed by atoms with Crippen LogP contribution in [0.25, 0.3) is 0 Å². The van der Waals surface area contributed by atoms with Crippen LogP contribution < -0.4 is 10.6 Å². The second-order valence-electron chi connectivity index (χ2n) is 6.91. The number of hydrogen-bond donors (Lipinski definition) is 2. The summed E-state index contributed by atoms with van der Waals surface area (Å²) >= 11 is 5.00. The van der Waals surface area contributed by atoms with E-state index < -0.39 is 23.5 Å². The van der Waals surface area contributed by atoms with E-state index in [1.165, 1.54) is 6.42 Å². The number of hydrogen-bond acceptors (Lipinski definition) is 2. The van der Waals surface area contributed by atoms with Crippen molar-refractivity contribution in [2.24, 2.45) is 0 Å². The van der Waals surface area contributed by atoms with Crippen LogP contribution in [0.15, 0.2) is 18.2 Å². The van der Waals surface area contributed by atoms with E-state index in [-0.39, 0.29) is 16.9 Å². The summed E-state index contributed by atoms with van der Waals surface area (Å²) in [5, 5.41) is 5.24. The Morgan fingerprint density at radius 1 is 1.07 bits per heavy atom. The van der Waals surface area contributed by atoms with Crippen LogP contribution in [-0.2, 0) is 12.4 Å². The van der Waals surface area contributed by atoms with Crippen molar-refractivity contribution in [3.63, 3.8) is 0 Å². The summed E-state index contributed by atoms with van der Waals surface area (Å²) < 4.78 is 77.3. The largest absolute Gasteiger partial charge is 0.416 e. The molecule has 2 N–H and O–H groups in total. The molecule has 1 saturated heterocycles. The predicted molar refractivity (Wildman–Crippen MR) is 100 cm³/mol. The molecule has 1 aromatic carbocycles. The van der Waals surface area contributed by atoms with Crippen molar-refractivity contribution >= 4 is 23.0 Å². The Morgan fingerprint density at radius 3 is 2.21 bits per heavy atom. The van der Waals surface area contributed by atoms with E-state index in [2.05, 4.69) is 22.5 Å². The van der Waals surface area contributed by atoms with Gasteiger partial charge in [0.25, 0.3) is 0 Å². The van der Waals surface area contributed by atoms with Gasteiger partial charge >= 0.3 is 12.4 Å². The van der Waals surface area contributed by atoms with Crippen LogP contribution in [0, 0.1) is 0 Å². The highest BCUT2D eigenvalue weighted by atomic mass is 32.1. The van der Waals surface area contributed by atoms with Gasteiger partial charge in [-0.25, -0.2) is 0 Å². The van der Waals surface area contributed by atoms with Crippen molar-refractivity contribution in [2.75, 3.05) is 25.0 Å². The fraction of sp³-hybridized carbons (Fsp3) is 0.611. The lowest BCUT2D eigenvalue weighted by Gasteiger charge is -2.33. The van der Waals surface area contributed by atoms with Gasteiger partial charge in [0.1, 0.15) is 0 Å². The summed E-state index contributed by atoms with van der Waals surface area (Å²) in [7, 11) is 0. The zero-order chi connectivity index (χ0) is 20.9. The summed E-state index contributed by atoms with van der Waals surface area (Å²) in [5.41, 5.74) is -3.12. The molecule has 158 valence electrons. The molecule has 1 aliphatic rings. The number of rotatable bonds is 5. The fourth-order valence-electron chi connectivity index (χ4n) is 3.18. The van der Waals surface area contributed by atoms with Crippen LogP contribution in [0.4, 0.5) is 32.0 Å². The lowest BCUT2D eigenvalue weighted by atomic mass is 10.0. The zero-order valence-corrected chi connectivity index (χ0v) is 16.2. The molecular formula is C18H23F6N3S. The van der Waals surface area contributed by atoms with Crippen molar-refractivity contribution in [3.8, 4) is 0 Å². The van der Waals surface area contributed by atoms with Crippen molar-refractivity contribution in [2.45, 2.75) is 51.0 Å². The molecule has 1 fully saturated rings. The molecule has 1 heterocycles. The molecule has 2 rings (SSSR count). The molecule has 0 spiro atoms. The molecule has 1 atom stereocenters. The Balaban J connectivity index is 1.91. The third-order valence-corrected chi connectivity index (χ3v) is 4.94. The van der Waals surface area contributed by atoms with Gasteiger partial charge < -0.3 is 15.5 Å². The molecule has 0 saturated carbocycles. The first-order valence-electron chi connectivity index (χ1n) is 9.05. The molecule has 0 unspecified atom stereocenters. The third kappa shape index (κ3) is 6.80. The molecule has 0 bridgehead atoms. The Hall–Kier alpha value is -1.55. The number of thiocarbonyl (C=S) groups is 1. The van der Waals surface area contributed by atoms with Crippen molar-refractivity contribution in [1.29, 1.82) is 0 Å². The van der Waals surface area contributed by atoms with Crippen molar-refractivity contribution in [3.05, 3.63) is 29.3 Å². The molecule has 10 heteroatoms. The third-order valence-electron chi connectivity index (χ3n) is 4.69. The first-order chi connectivity index (χ1) is 13.0. The van der Waals surface area contributed by atoms with Gasteiger partial charge in [0, 0.05) is 24.8 Å². The summed E-state index contributed by atoms with van der Waals surface area (Å²) in [4.78, 5) is 2.37. The van der Waals surface area contributed by atoms with Crippen LogP contribution in [-0.4, -0.2) is 35.7 Å². The van der Waals surface area contributed by atoms with Crippen LogP contribution in [0.1, 0.15) is 43.7 Å². The van der Waals surface area contributed by atoms with Crippen LogP contribution in [0.3, 0.4) is 0 Å². The second kappa shape index (κ2) is 9.30. The van der Waals surface area contributed by atoms with E-state index in [9.17, 15) is 26.3 Å². The van der Waals surface area contributed by atoms with Gasteiger partial charge in [-0.3, -0.25) is 0 Å². The summed E-state index contributed by atoms with van der Waals surface area (Å²) in [6.45, 7) is 4.54. The number of anilines is 1. The highest BCUT2D eigenvalue weighted by molar-refractivity contribution is 7.80. The van der Waals surface area contributed by atoms with Gasteiger partial charge in [-0.2, -0.15) is 26.3 Å². The lowest BCUT2D eigenvalue weighted by Crippen LogP contribution is -2.39. The molecule has 1 aromatic rings. The Bertz CT molecular complexity index is 642. The fourth-order valence-corrected chi connectivity index (χ4v) is 3.40. The molecular weight excluding hydrogens is 404 g/mol. The summed E-state index contributed by atoms with van der Waals surface area (Å²) in [6, 6.07) is 1.82. The smallest absolute Gasteiger partial charge is 0.362 e. The van der Waals surface area contributed by atoms with E-state index in [0.717, 1.165) is 32.4 Å². The second-order valence-corrected chi connectivity index (χ2v) is 7.32. The van der Waals surface area contributed by atoms with E-state index in [1.54, 1.807) is 0 Å². The SMILES string of the molecule is C[C@@H]1CCCCN1CCCNC(=S)Nc1cc(C(F)(F)F)cc(C(F)(F)F)c1. The van der Waals surface area contributed by atoms with E-state index in [4.69, 9.17) is 12.2 Å². The molecule has 0 amide bonds. The first kappa shape index (κ1) is 22.7. The Labute approximate surface area is 165 Å². The molecule has 0 radical (unpaired) electrons. The maximum Gasteiger partial charge on any atom is 0.416 e. The number of alkyl halides is 6. The highest BCUT2D eigenvalue weighted by Gasteiger charge is 2.37. The van der Waals surface area contributed by atoms with Crippen LogP contribution in [0.2, 0.25) is 0 Å². The summed E-state index contributed by atoms with van der Waals surface area (Å²) in [5.74, 6) is 0. The van der Waals surface area contributed by atoms with Gasteiger partial charge in [-0.1, -0.05) is 6.42 Å². The number of benzene rings is 1. The first-order valence-corrected chi connectivity index (χ1v) is 9.46. The molecule has 28 heavy (non-hydrogen) atoms. The predicted octanol–water partition coefficient (Wildman–Crippen LogP) is 5.28. The average Bonchev–Trinajstić information content (AvgIpc) is 2.58. The molecule has 0 aromatic heterocycles. The lowest BCUT2D eigenvalue weighted by molar-refractivity contribution is -0.143. The zero-order valence-electron chi connectivity index (χ0n) is 15.4. The normalized spacial score (nSPS) is 18.8. The van der Waals surface area contributed by atoms with E-state index in [1.807, 2.05) is 0 Å². The van der Waals surface area contributed by atoms with Gasteiger partial charge in [-0.05, 0) is 63.1 Å². The molecule has 1 aliphatic heterocycles. The number of nitrogens with one attached hydrogen (secondary N) is 2. The maximum atomic E-state index is 12.9. The molecule has 0 aliphatic carbocycles. The number of halogens is 6. The average molecular weight is 427 g/mol. The number of piperidine rings is 1. The minimum Gasteiger partial charge on any atom is -0.362 e. The summed E-state index contributed by atoms with van der Waals surface area (Å²) in [6.07, 6.45) is -5.47. The standard InChI is InChI=1S/C18H23F6N3S/c1-12-5-2-3-7-27(12)8-4-6-25-16(28)26-15-10-13(17(19,20)21)9-14(11-15)18(22,23)24/h9-12H,2-8H2,1H3,(H2,25,26,28)/t12-/m1/s1. The van der Waals surface area contributed by atoms with Gasteiger partial charge in [0.15, 0.2) is 5.11 Å². The highest BCUT2D eigenvalue weighted by Crippen LogP contribution is 2.37. The van der Waals surface area contributed by atoms with E-state index in [0.29, 0.717) is 24.7 Å².